The fourth-order valence-corrected chi connectivity index (χ4v) is 1.19. The lowest BCUT2D eigenvalue weighted by molar-refractivity contribution is 0.584. The summed E-state index contributed by atoms with van der Waals surface area (Å²) in [6.45, 7) is 0.861. The minimum absolute atomic E-state index is 0.628. The van der Waals surface area contributed by atoms with E-state index in [1.54, 1.807) is 11.1 Å². The quantitative estimate of drug-likeness (QED) is 0.314. The molecule has 0 spiro atoms. The summed E-state index contributed by atoms with van der Waals surface area (Å²) in [7, 11) is 3.72. The molecule has 0 aromatic carbocycles. The zero-order chi connectivity index (χ0) is 10.1. The topological polar surface area (TPSA) is 51.4 Å². The molecule has 0 aliphatic carbocycles. The van der Waals surface area contributed by atoms with E-state index in [0.29, 0.717) is 5.96 Å². The summed E-state index contributed by atoms with van der Waals surface area (Å²) in [5.74, 6) is 1.75. The Hall–Kier alpha value is -0.890. The van der Waals surface area contributed by atoms with E-state index in [2.05, 4.69) is 16.6 Å². The van der Waals surface area contributed by atoms with Crippen LogP contribution in [0.4, 0.5) is 0 Å². The number of nitrogens with one attached hydrogen (secondary N) is 1. The molecule has 0 saturated carbocycles. The minimum atomic E-state index is 0.628. The van der Waals surface area contributed by atoms with Crippen molar-refractivity contribution in [3.05, 3.63) is 0 Å². The van der Waals surface area contributed by atoms with Crippen LogP contribution in [0.2, 0.25) is 0 Å². The maximum Gasteiger partial charge on any atom is 0.209 e. The monoisotopic (exact) mass is 200 g/mol. The molecule has 5 heteroatoms. The van der Waals surface area contributed by atoms with E-state index >= 15 is 0 Å². The van der Waals surface area contributed by atoms with Gasteiger partial charge in [-0.2, -0.15) is 17.0 Å². The Kier molecular flexibility index (Phi) is 7.21. The number of hydrogen-bond donors (Lipinski definition) is 1. The molecule has 0 rings (SSSR count). The van der Waals surface area contributed by atoms with E-state index in [-0.39, 0.29) is 0 Å². The van der Waals surface area contributed by atoms with Gasteiger partial charge in [0.25, 0.3) is 0 Å². The minimum Gasteiger partial charge on any atom is -0.355 e. The highest BCUT2D eigenvalue weighted by Crippen LogP contribution is 1.93. The Morgan fingerprint density at radius 3 is 2.77 bits per heavy atom. The Bertz CT molecular complexity index is 195. The Morgan fingerprint density at radius 2 is 2.31 bits per heavy atom. The summed E-state index contributed by atoms with van der Waals surface area (Å²) < 4.78 is 0. The normalized spacial score (nSPS) is 10.8. The summed E-state index contributed by atoms with van der Waals surface area (Å²) >= 11 is 1.82. The van der Waals surface area contributed by atoms with Crippen molar-refractivity contribution < 1.29 is 0 Å². The van der Waals surface area contributed by atoms with E-state index in [1.165, 1.54) is 0 Å². The molecule has 13 heavy (non-hydrogen) atoms. The van der Waals surface area contributed by atoms with Gasteiger partial charge in [-0.1, -0.05) is 0 Å². The van der Waals surface area contributed by atoms with Gasteiger partial charge < -0.3 is 10.2 Å². The number of guanidine groups is 1. The number of aliphatic imine (C=N–C) groups is 1. The second-order valence-electron chi connectivity index (χ2n) is 2.70. The largest absolute Gasteiger partial charge is 0.355 e. The highest BCUT2D eigenvalue weighted by Gasteiger charge is 1.99. The molecule has 74 valence electrons. The number of nitriles is 1. The number of hydrogen-bond acceptors (Lipinski definition) is 3. The maximum atomic E-state index is 8.38. The van der Waals surface area contributed by atoms with Gasteiger partial charge in [0.05, 0.1) is 0 Å². The molecule has 0 amide bonds. The average Bonchev–Trinajstić information content (AvgIpc) is 2.10. The lowest BCUT2D eigenvalue weighted by Gasteiger charge is -2.15. The highest BCUT2D eigenvalue weighted by molar-refractivity contribution is 7.98. The highest BCUT2D eigenvalue weighted by atomic mass is 32.2. The molecule has 0 radical (unpaired) electrons. The fraction of sp³-hybridized carbons (Fsp3) is 0.750. The van der Waals surface area contributed by atoms with Gasteiger partial charge in [0.15, 0.2) is 0 Å². The van der Waals surface area contributed by atoms with Crippen LogP contribution in [-0.4, -0.2) is 43.5 Å². The van der Waals surface area contributed by atoms with Crippen molar-refractivity contribution >= 4 is 17.7 Å². The average molecular weight is 200 g/mol. The van der Waals surface area contributed by atoms with Crippen LogP contribution in [0.15, 0.2) is 4.99 Å². The Balaban J connectivity index is 3.73. The van der Waals surface area contributed by atoms with Gasteiger partial charge in [0.1, 0.15) is 0 Å². The molecule has 0 aromatic rings. The lowest BCUT2D eigenvalue weighted by atomic mass is 10.5. The molecular formula is C8H16N4S. The van der Waals surface area contributed by atoms with Crippen LogP contribution in [0.5, 0.6) is 0 Å². The van der Waals surface area contributed by atoms with Gasteiger partial charge in [-0.25, -0.2) is 0 Å². The van der Waals surface area contributed by atoms with Crippen LogP contribution < -0.4 is 5.32 Å². The second-order valence-corrected chi connectivity index (χ2v) is 3.69. The van der Waals surface area contributed by atoms with Gasteiger partial charge >= 0.3 is 0 Å². The van der Waals surface area contributed by atoms with Gasteiger partial charge in [-0.15, -0.1) is 4.99 Å². The number of nitrogens with zero attached hydrogens (tertiary/aromatic N) is 3. The van der Waals surface area contributed by atoms with Crippen molar-refractivity contribution in [1.82, 2.24) is 10.2 Å². The first-order valence-electron chi connectivity index (χ1n) is 4.09. The van der Waals surface area contributed by atoms with Crippen LogP contribution in [0.3, 0.4) is 0 Å². The lowest BCUT2D eigenvalue weighted by Crippen LogP contribution is -2.36. The molecule has 0 aliphatic rings. The van der Waals surface area contributed by atoms with Gasteiger partial charge in [0, 0.05) is 20.6 Å². The summed E-state index contributed by atoms with van der Waals surface area (Å²) in [6, 6.07) is 0. The molecule has 1 N–H and O–H groups in total. The van der Waals surface area contributed by atoms with E-state index in [1.807, 2.05) is 25.9 Å². The first-order valence-corrected chi connectivity index (χ1v) is 5.48. The Morgan fingerprint density at radius 1 is 1.62 bits per heavy atom. The van der Waals surface area contributed by atoms with Crippen molar-refractivity contribution in [1.29, 1.82) is 5.26 Å². The van der Waals surface area contributed by atoms with Crippen molar-refractivity contribution in [2.45, 2.75) is 6.42 Å². The summed E-state index contributed by atoms with van der Waals surface area (Å²) in [5, 5.41) is 11.5. The van der Waals surface area contributed by atoms with E-state index in [9.17, 15) is 0 Å². The molecular weight excluding hydrogens is 184 g/mol. The van der Waals surface area contributed by atoms with Crippen molar-refractivity contribution in [2.75, 3.05) is 32.6 Å². The van der Waals surface area contributed by atoms with Crippen LogP contribution in [0, 0.1) is 11.5 Å². The summed E-state index contributed by atoms with van der Waals surface area (Å²) in [4.78, 5) is 5.45. The van der Waals surface area contributed by atoms with Crippen molar-refractivity contribution in [2.24, 2.45) is 4.99 Å². The second kappa shape index (κ2) is 7.74. The summed E-state index contributed by atoms with van der Waals surface area (Å²) in [6.07, 6.45) is 4.93. The zero-order valence-electron chi connectivity index (χ0n) is 8.37. The van der Waals surface area contributed by atoms with Crippen LogP contribution in [-0.2, 0) is 0 Å². The third-order valence-electron chi connectivity index (χ3n) is 1.39. The summed E-state index contributed by atoms with van der Waals surface area (Å²) in [5.41, 5.74) is 0. The van der Waals surface area contributed by atoms with E-state index in [0.717, 1.165) is 18.7 Å². The van der Waals surface area contributed by atoms with Crippen molar-refractivity contribution in [3.8, 4) is 6.19 Å². The van der Waals surface area contributed by atoms with Crippen LogP contribution in [0.25, 0.3) is 0 Å². The molecule has 0 heterocycles. The van der Waals surface area contributed by atoms with Gasteiger partial charge in [-0.05, 0) is 18.4 Å². The zero-order valence-corrected chi connectivity index (χ0v) is 9.19. The Labute approximate surface area is 84.0 Å². The standard InChI is InChI=1S/C8H16N4S/c1-12(2)8(11-7-9)10-5-4-6-13-3/h4-6H2,1-3H3,(H,10,11). The third-order valence-corrected chi connectivity index (χ3v) is 2.08. The van der Waals surface area contributed by atoms with E-state index in [4.69, 9.17) is 5.26 Å². The predicted molar refractivity (Wildman–Crippen MR) is 57.7 cm³/mol. The smallest absolute Gasteiger partial charge is 0.209 e. The predicted octanol–water partition coefficient (Wildman–Crippen LogP) is 0.728. The molecule has 0 aliphatic heterocycles. The maximum absolute atomic E-state index is 8.38. The fourth-order valence-electron chi connectivity index (χ4n) is 0.762. The third kappa shape index (κ3) is 6.29. The molecule has 4 nitrogen and oxygen atoms in total. The number of thioether (sulfide) groups is 1. The van der Waals surface area contributed by atoms with Gasteiger partial charge in [-0.3, -0.25) is 0 Å². The first-order chi connectivity index (χ1) is 6.22. The first kappa shape index (κ1) is 12.1. The molecule has 0 atom stereocenters. The molecule has 0 saturated heterocycles. The van der Waals surface area contributed by atoms with Gasteiger partial charge in [0.2, 0.25) is 12.2 Å². The van der Waals surface area contributed by atoms with Crippen LogP contribution in [0.1, 0.15) is 6.42 Å². The SMILES string of the molecule is CSCCCN/C(=N/C#N)N(C)C. The van der Waals surface area contributed by atoms with Crippen molar-refractivity contribution in [3.63, 3.8) is 0 Å². The van der Waals surface area contributed by atoms with Crippen LogP contribution >= 0.6 is 11.8 Å². The molecule has 0 bridgehead atoms. The molecule has 0 fully saturated rings. The number of rotatable bonds is 4. The molecule has 0 aromatic heterocycles. The molecule has 0 unspecified atom stereocenters. The van der Waals surface area contributed by atoms with E-state index < -0.39 is 0 Å².